The fraction of sp³-hybridized carbons (Fsp3) is 0.438. The van der Waals surface area contributed by atoms with Crippen molar-refractivity contribution in [3.05, 3.63) is 51.5 Å². The molecule has 0 radical (unpaired) electrons. The molecule has 0 N–H and O–H groups in total. The molecule has 1 aromatic heterocycles. The summed E-state index contributed by atoms with van der Waals surface area (Å²) in [4.78, 5) is 6.92. The van der Waals surface area contributed by atoms with Gasteiger partial charge in [-0.15, -0.1) is 11.3 Å². The molecule has 21 heavy (non-hydrogen) atoms. The number of piperidine rings is 1. The molecular formula is C16H18F2N2S. The van der Waals surface area contributed by atoms with Crippen LogP contribution in [0.1, 0.15) is 35.0 Å². The molecule has 1 fully saturated rings. The molecule has 2 aromatic rings. The molecule has 2 nitrogen and oxygen atoms in total. The first-order valence-electron chi connectivity index (χ1n) is 7.19. The zero-order valence-electron chi connectivity index (χ0n) is 12.0. The highest BCUT2D eigenvalue weighted by molar-refractivity contribution is 7.09. The molecule has 112 valence electrons. The first-order valence-corrected chi connectivity index (χ1v) is 8.07. The highest BCUT2D eigenvalue weighted by Gasteiger charge is 2.21. The van der Waals surface area contributed by atoms with Gasteiger partial charge in [-0.3, -0.25) is 0 Å². The summed E-state index contributed by atoms with van der Waals surface area (Å²) in [5, 5.41) is 3.04. The zero-order chi connectivity index (χ0) is 14.8. The zero-order valence-corrected chi connectivity index (χ0v) is 12.8. The Morgan fingerprint density at radius 3 is 2.57 bits per heavy atom. The minimum Gasteiger partial charge on any atom is -0.306 e. The third kappa shape index (κ3) is 3.30. The van der Waals surface area contributed by atoms with Gasteiger partial charge in [0.15, 0.2) is 0 Å². The van der Waals surface area contributed by atoms with Crippen LogP contribution in [0, 0.1) is 11.6 Å². The van der Waals surface area contributed by atoms with Gasteiger partial charge in [0, 0.05) is 23.3 Å². The van der Waals surface area contributed by atoms with E-state index in [1.807, 2.05) is 5.38 Å². The predicted molar refractivity (Wildman–Crippen MR) is 80.8 cm³/mol. The number of rotatable bonds is 3. The van der Waals surface area contributed by atoms with Crippen molar-refractivity contribution >= 4 is 11.3 Å². The number of nitrogens with zero attached hydrogens (tertiary/aromatic N) is 2. The maximum Gasteiger partial charge on any atom is 0.129 e. The van der Waals surface area contributed by atoms with Gasteiger partial charge in [0.2, 0.25) is 0 Å². The van der Waals surface area contributed by atoms with Crippen molar-refractivity contribution in [2.75, 3.05) is 20.1 Å². The maximum absolute atomic E-state index is 13.7. The number of halogens is 2. The molecule has 1 aromatic carbocycles. The Bertz CT molecular complexity index is 598. The monoisotopic (exact) mass is 308 g/mol. The van der Waals surface area contributed by atoms with E-state index in [0.29, 0.717) is 5.92 Å². The standard InChI is InChI=1S/C16H18F2N2S/c1-20-7-5-11(6-8-20)16-19-12(10-21-16)9-13-14(17)3-2-4-15(13)18/h2-4,10-11H,5-9H2,1H3. The van der Waals surface area contributed by atoms with E-state index in [-0.39, 0.29) is 12.0 Å². The van der Waals surface area contributed by atoms with Crippen molar-refractivity contribution in [3.63, 3.8) is 0 Å². The number of likely N-dealkylation sites (tertiary alicyclic amines) is 1. The summed E-state index contributed by atoms with van der Waals surface area (Å²) in [5.41, 5.74) is 0.871. The highest BCUT2D eigenvalue weighted by Crippen LogP contribution is 2.30. The molecular weight excluding hydrogens is 290 g/mol. The lowest BCUT2D eigenvalue weighted by Crippen LogP contribution is -2.29. The minimum absolute atomic E-state index is 0.109. The number of aromatic nitrogens is 1. The van der Waals surface area contributed by atoms with Crippen LogP contribution >= 0.6 is 11.3 Å². The SMILES string of the molecule is CN1CCC(c2nc(Cc3c(F)cccc3F)cs2)CC1. The van der Waals surface area contributed by atoms with Gasteiger partial charge < -0.3 is 4.90 Å². The predicted octanol–water partition coefficient (Wildman–Crippen LogP) is 3.82. The van der Waals surface area contributed by atoms with E-state index in [0.717, 1.165) is 36.6 Å². The van der Waals surface area contributed by atoms with Crippen LogP contribution in [-0.2, 0) is 6.42 Å². The molecule has 2 heterocycles. The molecule has 0 atom stereocenters. The van der Waals surface area contributed by atoms with Crippen molar-refractivity contribution in [3.8, 4) is 0 Å². The van der Waals surface area contributed by atoms with Gasteiger partial charge >= 0.3 is 0 Å². The molecule has 0 bridgehead atoms. The van der Waals surface area contributed by atoms with Crippen LogP contribution in [-0.4, -0.2) is 30.0 Å². The lowest BCUT2D eigenvalue weighted by molar-refractivity contribution is 0.255. The van der Waals surface area contributed by atoms with E-state index in [1.54, 1.807) is 11.3 Å². The summed E-state index contributed by atoms with van der Waals surface area (Å²) >= 11 is 1.61. The van der Waals surface area contributed by atoms with E-state index in [4.69, 9.17) is 0 Å². The second-order valence-corrected chi connectivity index (χ2v) is 6.52. The molecule has 0 saturated carbocycles. The van der Waals surface area contributed by atoms with Crippen LogP contribution in [0.15, 0.2) is 23.6 Å². The van der Waals surface area contributed by atoms with Crippen molar-refractivity contribution in [1.82, 2.24) is 9.88 Å². The van der Waals surface area contributed by atoms with Gasteiger partial charge in [0.25, 0.3) is 0 Å². The Labute approximate surface area is 127 Å². The smallest absolute Gasteiger partial charge is 0.129 e. The Hall–Kier alpha value is -1.33. The summed E-state index contributed by atoms with van der Waals surface area (Å²) in [6, 6.07) is 3.98. The molecule has 1 saturated heterocycles. The highest BCUT2D eigenvalue weighted by atomic mass is 32.1. The molecule has 1 aliphatic heterocycles. The minimum atomic E-state index is -0.496. The largest absolute Gasteiger partial charge is 0.306 e. The Kier molecular flexibility index (Phi) is 4.31. The van der Waals surface area contributed by atoms with Crippen molar-refractivity contribution in [2.24, 2.45) is 0 Å². The summed E-state index contributed by atoms with van der Waals surface area (Å²) in [6.07, 6.45) is 2.44. The van der Waals surface area contributed by atoms with E-state index in [9.17, 15) is 8.78 Å². The summed E-state index contributed by atoms with van der Waals surface area (Å²) in [7, 11) is 2.13. The van der Waals surface area contributed by atoms with Gasteiger partial charge in [-0.05, 0) is 45.1 Å². The number of thiazole rings is 1. The van der Waals surface area contributed by atoms with Crippen LogP contribution < -0.4 is 0 Å². The van der Waals surface area contributed by atoms with Crippen molar-refractivity contribution in [2.45, 2.75) is 25.2 Å². The molecule has 0 spiro atoms. The lowest BCUT2D eigenvalue weighted by atomic mass is 9.98. The van der Waals surface area contributed by atoms with E-state index in [2.05, 4.69) is 16.9 Å². The van der Waals surface area contributed by atoms with E-state index >= 15 is 0 Å². The Morgan fingerprint density at radius 2 is 1.90 bits per heavy atom. The normalized spacial score (nSPS) is 17.3. The summed E-state index contributed by atoms with van der Waals surface area (Å²) < 4.78 is 27.3. The Morgan fingerprint density at radius 1 is 1.24 bits per heavy atom. The van der Waals surface area contributed by atoms with Gasteiger partial charge in [0.05, 0.1) is 10.7 Å². The summed E-state index contributed by atoms with van der Waals surface area (Å²) in [6.45, 7) is 2.17. The fourth-order valence-corrected chi connectivity index (χ4v) is 3.72. The lowest BCUT2D eigenvalue weighted by Gasteiger charge is -2.27. The average molecular weight is 308 g/mol. The van der Waals surface area contributed by atoms with E-state index in [1.165, 1.54) is 18.2 Å². The maximum atomic E-state index is 13.7. The third-order valence-electron chi connectivity index (χ3n) is 4.06. The van der Waals surface area contributed by atoms with Gasteiger partial charge in [-0.2, -0.15) is 0 Å². The first kappa shape index (κ1) is 14.6. The number of benzene rings is 1. The molecule has 5 heteroatoms. The van der Waals surface area contributed by atoms with Crippen LogP contribution in [0.2, 0.25) is 0 Å². The van der Waals surface area contributed by atoms with Crippen LogP contribution in [0.5, 0.6) is 0 Å². The summed E-state index contributed by atoms with van der Waals surface area (Å²) in [5.74, 6) is -0.502. The second-order valence-electron chi connectivity index (χ2n) is 5.63. The molecule has 0 aliphatic carbocycles. The first-order chi connectivity index (χ1) is 10.1. The molecule has 0 unspecified atom stereocenters. The molecule has 1 aliphatic rings. The molecule has 3 rings (SSSR count). The van der Waals surface area contributed by atoms with E-state index < -0.39 is 11.6 Å². The van der Waals surface area contributed by atoms with Gasteiger partial charge in [0.1, 0.15) is 11.6 Å². The molecule has 0 amide bonds. The topological polar surface area (TPSA) is 16.1 Å². The quantitative estimate of drug-likeness (QED) is 0.857. The number of hydrogen-bond acceptors (Lipinski definition) is 3. The second kappa shape index (κ2) is 6.20. The van der Waals surface area contributed by atoms with Gasteiger partial charge in [-0.25, -0.2) is 13.8 Å². The third-order valence-corrected chi connectivity index (χ3v) is 5.11. The number of hydrogen-bond donors (Lipinski definition) is 0. The Balaban J connectivity index is 1.73. The van der Waals surface area contributed by atoms with Gasteiger partial charge in [-0.1, -0.05) is 6.07 Å². The van der Waals surface area contributed by atoms with Crippen LogP contribution in [0.25, 0.3) is 0 Å². The van der Waals surface area contributed by atoms with Crippen molar-refractivity contribution < 1.29 is 8.78 Å². The van der Waals surface area contributed by atoms with Crippen molar-refractivity contribution in [1.29, 1.82) is 0 Å². The fourth-order valence-electron chi connectivity index (χ4n) is 2.73. The van der Waals surface area contributed by atoms with Crippen LogP contribution in [0.4, 0.5) is 8.78 Å². The average Bonchev–Trinajstić information content (AvgIpc) is 2.92. The van der Waals surface area contributed by atoms with Crippen LogP contribution in [0.3, 0.4) is 0 Å².